The summed E-state index contributed by atoms with van der Waals surface area (Å²) in [7, 11) is -4.94. The van der Waals surface area contributed by atoms with Crippen LogP contribution in [0.25, 0.3) is 17.0 Å². The van der Waals surface area contributed by atoms with Gasteiger partial charge in [0.1, 0.15) is 5.39 Å². The van der Waals surface area contributed by atoms with Gasteiger partial charge in [-0.05, 0) is 18.6 Å². The first kappa shape index (κ1) is 19.5. The van der Waals surface area contributed by atoms with Crippen LogP contribution in [0.15, 0.2) is 63.9 Å². The van der Waals surface area contributed by atoms with Gasteiger partial charge in [0.25, 0.3) is 0 Å². The van der Waals surface area contributed by atoms with E-state index in [1.54, 1.807) is 18.2 Å². The number of rotatable bonds is 2. The van der Waals surface area contributed by atoms with Gasteiger partial charge in [-0.15, -0.1) is 15.2 Å². The van der Waals surface area contributed by atoms with Crippen molar-refractivity contribution in [2.45, 2.75) is 10.7 Å². The number of hydrogen-bond donors (Lipinski definition) is 0. The molecule has 1 aliphatic carbocycles. The van der Waals surface area contributed by atoms with Gasteiger partial charge in [-0.25, -0.2) is 23.4 Å². The van der Waals surface area contributed by atoms with E-state index in [2.05, 4.69) is 33.1 Å². The monoisotopic (exact) mass is 429 g/mol. The molecule has 1 heterocycles. The number of para-hydroxylation sites is 1. The molecule has 0 radical (unpaired) electrons. The van der Waals surface area contributed by atoms with Crippen molar-refractivity contribution in [2.24, 2.45) is 0 Å². The Kier molecular flexibility index (Phi) is 6.28. The Morgan fingerprint density at radius 3 is 2.52 bits per heavy atom. The van der Waals surface area contributed by atoms with E-state index >= 15 is 0 Å². The van der Waals surface area contributed by atoms with Crippen LogP contribution in [0.5, 0.6) is 0 Å². The van der Waals surface area contributed by atoms with Gasteiger partial charge < -0.3 is 4.42 Å². The number of allylic oxidation sites excluding steroid dienone is 5. The topological polar surface area (TPSA) is 137 Å². The average molecular weight is 431 g/mol. The first-order chi connectivity index (χ1) is 11.7. The lowest BCUT2D eigenvalue weighted by atomic mass is 10.0. The quantitative estimate of drug-likeness (QED) is 0.533. The predicted octanol–water partition coefficient (Wildman–Crippen LogP) is -1.49. The van der Waals surface area contributed by atoms with Gasteiger partial charge in [0, 0.05) is 6.08 Å². The summed E-state index contributed by atoms with van der Waals surface area (Å²) in [6, 6.07) is 7.19. The lowest BCUT2D eigenvalue weighted by molar-refractivity contribution is -2.00. The molecular formula is C16H13BrClNO6. The average Bonchev–Trinajstić information content (AvgIpc) is 2.52. The molecule has 0 amide bonds. The van der Waals surface area contributed by atoms with Crippen molar-refractivity contribution in [3.8, 4) is 0 Å². The summed E-state index contributed by atoms with van der Waals surface area (Å²) in [6.07, 6.45) is 12.8. The Bertz CT molecular complexity index is 880. The number of hydrogen-bond acceptors (Lipinski definition) is 6. The van der Waals surface area contributed by atoms with Crippen molar-refractivity contribution >= 4 is 33.0 Å². The number of halogens is 2. The van der Waals surface area contributed by atoms with E-state index in [1.165, 1.54) is 0 Å². The van der Waals surface area contributed by atoms with Crippen LogP contribution in [0.4, 0.5) is 0 Å². The Morgan fingerprint density at radius 1 is 1.20 bits per heavy atom. The second kappa shape index (κ2) is 8.05. The Hall–Kier alpha value is -1.81. The van der Waals surface area contributed by atoms with Crippen molar-refractivity contribution in [2.75, 3.05) is 0 Å². The van der Waals surface area contributed by atoms with Crippen LogP contribution in [-0.4, -0.2) is 4.32 Å². The number of aromatic amines is 1. The molecule has 1 aliphatic rings. The number of nitrogens with one attached hydrogen (secondary N) is 1. The van der Waals surface area contributed by atoms with Crippen LogP contribution in [0, 0.1) is 10.2 Å². The lowest BCUT2D eigenvalue weighted by Crippen LogP contribution is -2.68. The molecule has 0 saturated heterocycles. The van der Waals surface area contributed by atoms with Crippen molar-refractivity contribution in [3.05, 3.63) is 70.9 Å². The molecule has 1 atom stereocenters. The van der Waals surface area contributed by atoms with E-state index in [4.69, 9.17) is 23.1 Å². The van der Waals surface area contributed by atoms with Crippen molar-refractivity contribution in [3.63, 3.8) is 0 Å². The van der Waals surface area contributed by atoms with Crippen LogP contribution in [0.3, 0.4) is 0 Å². The van der Waals surface area contributed by atoms with Gasteiger partial charge in [0.05, 0.1) is 4.32 Å². The SMILES string of the molecule is O=c1[nH+]c(C=CC2(Br)C=CC=CC2)oc2ccccc12.[O-][Cl+3]([O-])([O-])[O-]. The molecule has 0 saturated carbocycles. The highest BCUT2D eigenvalue weighted by molar-refractivity contribution is 9.10. The highest BCUT2D eigenvalue weighted by Crippen LogP contribution is 2.29. The maximum atomic E-state index is 11.9. The fourth-order valence-corrected chi connectivity index (χ4v) is 2.56. The van der Waals surface area contributed by atoms with Crippen LogP contribution >= 0.6 is 15.9 Å². The summed E-state index contributed by atoms with van der Waals surface area (Å²) in [5.41, 5.74) is 0.438. The minimum atomic E-state index is -4.94. The van der Waals surface area contributed by atoms with Crippen LogP contribution < -0.4 is 29.2 Å². The number of fused-ring (bicyclic) bond motifs is 1. The van der Waals surface area contributed by atoms with Gasteiger partial charge in [0.2, 0.25) is 0 Å². The van der Waals surface area contributed by atoms with Gasteiger partial charge in [-0.1, -0.05) is 58.4 Å². The smallest absolute Gasteiger partial charge is 0.404 e. The third-order valence-corrected chi connectivity index (χ3v) is 4.00. The molecule has 3 rings (SSSR count). The fraction of sp³-hybridized carbons (Fsp3) is 0.125. The van der Waals surface area contributed by atoms with Crippen LogP contribution in [0.1, 0.15) is 12.3 Å². The first-order valence-electron chi connectivity index (χ1n) is 6.96. The Morgan fingerprint density at radius 2 is 1.88 bits per heavy atom. The molecule has 132 valence electrons. The van der Waals surface area contributed by atoms with E-state index in [1.807, 2.05) is 30.4 Å². The zero-order valence-corrected chi connectivity index (χ0v) is 15.0. The molecule has 25 heavy (non-hydrogen) atoms. The predicted molar refractivity (Wildman–Crippen MR) is 82.6 cm³/mol. The summed E-state index contributed by atoms with van der Waals surface area (Å²) in [5.74, 6) is 0.440. The van der Waals surface area contributed by atoms with E-state index < -0.39 is 10.2 Å². The molecule has 0 bridgehead atoms. The Labute approximate surface area is 153 Å². The second-order valence-corrected chi connectivity index (χ2v) is 7.28. The van der Waals surface area contributed by atoms with Gasteiger partial charge in [0.15, 0.2) is 5.58 Å². The summed E-state index contributed by atoms with van der Waals surface area (Å²) in [4.78, 5) is 14.7. The van der Waals surface area contributed by atoms with Crippen molar-refractivity contribution in [1.82, 2.24) is 0 Å². The first-order valence-corrected chi connectivity index (χ1v) is 8.98. The van der Waals surface area contributed by atoms with E-state index in [9.17, 15) is 4.79 Å². The third kappa shape index (κ3) is 6.54. The second-order valence-electron chi connectivity index (χ2n) is 5.05. The van der Waals surface area contributed by atoms with Gasteiger partial charge in [-0.2, -0.15) is 0 Å². The molecule has 0 aliphatic heterocycles. The van der Waals surface area contributed by atoms with E-state index in [0.717, 1.165) is 6.42 Å². The summed E-state index contributed by atoms with van der Waals surface area (Å²) in [6.45, 7) is 0. The number of benzene rings is 1. The lowest BCUT2D eigenvalue weighted by Gasteiger charge is -2.18. The highest BCUT2D eigenvalue weighted by atomic mass is 79.9. The Balaban J connectivity index is 0.000000399. The normalized spacial score (nSPS) is 19.9. The summed E-state index contributed by atoms with van der Waals surface area (Å²) >= 11 is 3.66. The molecular weight excluding hydrogens is 418 g/mol. The molecule has 1 unspecified atom stereocenters. The number of alkyl halides is 1. The number of aromatic nitrogens is 1. The third-order valence-electron chi connectivity index (χ3n) is 3.15. The number of H-pyrrole nitrogens is 1. The minimum Gasteiger partial charge on any atom is -0.404 e. The van der Waals surface area contributed by atoms with Crippen LogP contribution in [-0.2, 0) is 0 Å². The molecule has 1 aromatic carbocycles. The van der Waals surface area contributed by atoms with Gasteiger partial charge >= 0.3 is 11.4 Å². The van der Waals surface area contributed by atoms with Crippen LogP contribution in [0.2, 0.25) is 0 Å². The molecule has 0 fully saturated rings. The largest absolute Gasteiger partial charge is 0.424 e. The zero-order valence-electron chi connectivity index (χ0n) is 12.7. The van der Waals surface area contributed by atoms with E-state index in [0.29, 0.717) is 16.9 Å². The molecule has 0 spiro atoms. The minimum absolute atomic E-state index is 0.144. The standard InChI is InChI=1S/C16H12BrNO2.ClHO4/c17-16(9-4-1-5-10-16)11-8-14-18-15(19)12-6-2-3-7-13(12)20-14;2-1(3,4)5/h1-9,11H,10H2;(H,2,3,4,5). The highest BCUT2D eigenvalue weighted by Gasteiger charge is 2.20. The van der Waals surface area contributed by atoms with Gasteiger partial charge in [-0.3, -0.25) is 0 Å². The zero-order chi connectivity index (χ0) is 18.5. The molecule has 1 aromatic heterocycles. The summed E-state index contributed by atoms with van der Waals surface area (Å²) < 4.78 is 39.4. The maximum absolute atomic E-state index is 11.9. The molecule has 9 heteroatoms. The van der Waals surface area contributed by atoms with E-state index in [-0.39, 0.29) is 9.88 Å². The molecule has 1 N–H and O–H groups in total. The fourth-order valence-electron chi connectivity index (χ4n) is 2.09. The van der Waals surface area contributed by atoms with Crippen molar-refractivity contribution in [1.29, 1.82) is 0 Å². The van der Waals surface area contributed by atoms with Crippen molar-refractivity contribution < 1.29 is 38.3 Å². The summed E-state index contributed by atoms with van der Waals surface area (Å²) in [5, 5.41) is 0.554. The molecule has 7 nitrogen and oxygen atoms in total. The molecule has 2 aromatic rings. The maximum Gasteiger partial charge on any atom is 0.424 e.